The predicted octanol–water partition coefficient (Wildman–Crippen LogP) is 4.27. The largest absolute Gasteiger partial charge is 0.497 e. The van der Waals surface area contributed by atoms with Crippen LogP contribution in [0.4, 0.5) is 0 Å². The van der Waals surface area contributed by atoms with Gasteiger partial charge in [0, 0.05) is 29.0 Å². The maximum absolute atomic E-state index is 12.9. The van der Waals surface area contributed by atoms with Gasteiger partial charge in [-0.1, -0.05) is 29.8 Å². The number of carbonyl (C=O) groups is 1. The number of hydrogen-bond donors (Lipinski definition) is 1. The van der Waals surface area contributed by atoms with E-state index in [4.69, 9.17) is 21.1 Å². The Hall–Kier alpha value is -3.05. The first-order chi connectivity index (χ1) is 13.1. The zero-order chi connectivity index (χ0) is 19.2. The van der Waals surface area contributed by atoms with Gasteiger partial charge in [-0.3, -0.25) is 9.78 Å². The lowest BCUT2D eigenvalue weighted by molar-refractivity contribution is 0.0942. The van der Waals surface area contributed by atoms with E-state index in [1.807, 2.05) is 24.3 Å². The normalized spacial score (nSPS) is 11.5. The summed E-state index contributed by atoms with van der Waals surface area (Å²) < 4.78 is 10.5. The Bertz CT molecular complexity index is 892. The van der Waals surface area contributed by atoms with Gasteiger partial charge < -0.3 is 14.8 Å². The molecular weight excluding hydrogens is 364 g/mol. The number of carbonyl (C=O) groups excluding carboxylic acids is 1. The Labute approximate surface area is 162 Å². The number of amides is 1. The zero-order valence-electron chi connectivity index (χ0n) is 15.0. The van der Waals surface area contributed by atoms with E-state index >= 15 is 0 Å². The third-order valence-electron chi connectivity index (χ3n) is 4.11. The van der Waals surface area contributed by atoms with E-state index in [9.17, 15) is 4.79 Å². The van der Waals surface area contributed by atoms with Crippen LogP contribution in [0.3, 0.4) is 0 Å². The highest BCUT2D eigenvalue weighted by molar-refractivity contribution is 6.30. The highest BCUT2D eigenvalue weighted by Gasteiger charge is 2.19. The van der Waals surface area contributed by atoms with Crippen LogP contribution >= 0.6 is 11.6 Å². The average molecular weight is 383 g/mol. The van der Waals surface area contributed by atoms with Gasteiger partial charge >= 0.3 is 0 Å². The molecule has 1 heterocycles. The van der Waals surface area contributed by atoms with Gasteiger partial charge in [-0.2, -0.15) is 0 Å². The molecule has 1 amide bonds. The lowest BCUT2D eigenvalue weighted by atomic mass is 9.99. The van der Waals surface area contributed by atoms with Crippen molar-refractivity contribution in [2.45, 2.75) is 6.04 Å². The lowest BCUT2D eigenvalue weighted by Gasteiger charge is -2.20. The van der Waals surface area contributed by atoms with E-state index in [1.165, 1.54) is 0 Å². The molecule has 1 atom stereocenters. The summed E-state index contributed by atoms with van der Waals surface area (Å²) in [5, 5.41) is 3.69. The first kappa shape index (κ1) is 18.7. The third kappa shape index (κ3) is 4.57. The number of ether oxygens (including phenoxy) is 2. The van der Waals surface area contributed by atoms with Crippen molar-refractivity contribution in [1.29, 1.82) is 0 Å². The molecule has 0 aliphatic carbocycles. The Balaban J connectivity index is 1.94. The van der Waals surface area contributed by atoms with Gasteiger partial charge in [0.05, 0.1) is 20.3 Å². The van der Waals surface area contributed by atoms with Gasteiger partial charge in [-0.05, 0) is 41.5 Å². The van der Waals surface area contributed by atoms with E-state index < -0.39 is 0 Å². The highest BCUT2D eigenvalue weighted by atomic mass is 35.5. The van der Waals surface area contributed by atoms with Gasteiger partial charge in [0.25, 0.3) is 5.91 Å². The topological polar surface area (TPSA) is 60.5 Å². The number of benzene rings is 2. The molecule has 0 radical (unpaired) electrons. The quantitative estimate of drug-likeness (QED) is 0.691. The molecule has 0 saturated heterocycles. The first-order valence-corrected chi connectivity index (χ1v) is 8.68. The molecule has 3 aromatic rings. The summed E-state index contributed by atoms with van der Waals surface area (Å²) >= 11 is 6.00. The minimum absolute atomic E-state index is 0.254. The van der Waals surface area contributed by atoms with E-state index in [0.717, 1.165) is 11.1 Å². The second-order valence-corrected chi connectivity index (χ2v) is 6.28. The van der Waals surface area contributed by atoms with Crippen molar-refractivity contribution >= 4 is 17.5 Å². The smallest absolute Gasteiger partial charge is 0.252 e. The van der Waals surface area contributed by atoms with E-state index in [1.54, 1.807) is 56.9 Å². The SMILES string of the molecule is COc1cc(OC)cc(C(=O)N[C@@H](c2ccc(Cl)cc2)c2cccnc2)c1. The lowest BCUT2D eigenvalue weighted by Crippen LogP contribution is -2.29. The molecule has 6 heteroatoms. The van der Waals surface area contributed by atoms with Crippen LogP contribution in [0.2, 0.25) is 5.02 Å². The maximum atomic E-state index is 12.9. The first-order valence-electron chi connectivity index (χ1n) is 8.30. The molecule has 0 spiro atoms. The van der Waals surface area contributed by atoms with Crippen molar-refractivity contribution in [2.24, 2.45) is 0 Å². The molecule has 27 heavy (non-hydrogen) atoms. The van der Waals surface area contributed by atoms with Gasteiger partial charge in [-0.25, -0.2) is 0 Å². The fourth-order valence-electron chi connectivity index (χ4n) is 2.71. The number of rotatable bonds is 6. The number of pyridine rings is 1. The second-order valence-electron chi connectivity index (χ2n) is 5.85. The van der Waals surface area contributed by atoms with Crippen molar-refractivity contribution in [3.8, 4) is 11.5 Å². The summed E-state index contributed by atoms with van der Waals surface area (Å²) in [6.45, 7) is 0. The van der Waals surface area contributed by atoms with Gasteiger partial charge in [0.1, 0.15) is 11.5 Å². The van der Waals surface area contributed by atoms with Crippen LogP contribution in [-0.4, -0.2) is 25.1 Å². The molecule has 3 rings (SSSR count). The van der Waals surface area contributed by atoms with Gasteiger partial charge in [0.2, 0.25) is 0 Å². The van der Waals surface area contributed by atoms with Crippen LogP contribution in [0.25, 0.3) is 0 Å². The highest BCUT2D eigenvalue weighted by Crippen LogP contribution is 2.26. The van der Waals surface area contributed by atoms with Crippen LogP contribution in [0.1, 0.15) is 27.5 Å². The van der Waals surface area contributed by atoms with Gasteiger partial charge in [-0.15, -0.1) is 0 Å². The maximum Gasteiger partial charge on any atom is 0.252 e. The van der Waals surface area contributed by atoms with Crippen LogP contribution in [0, 0.1) is 0 Å². The predicted molar refractivity (Wildman–Crippen MR) is 105 cm³/mol. The van der Waals surface area contributed by atoms with Crippen LogP contribution in [0.15, 0.2) is 67.0 Å². The Morgan fingerprint density at radius 3 is 2.22 bits per heavy atom. The number of nitrogens with zero attached hydrogens (tertiary/aromatic N) is 1. The Morgan fingerprint density at radius 2 is 1.67 bits per heavy atom. The number of nitrogens with one attached hydrogen (secondary N) is 1. The minimum Gasteiger partial charge on any atom is -0.497 e. The summed E-state index contributed by atoms with van der Waals surface area (Å²) in [5.41, 5.74) is 2.20. The Kier molecular flexibility index (Phi) is 5.94. The van der Waals surface area contributed by atoms with Crippen molar-refractivity contribution in [3.05, 3.63) is 88.7 Å². The van der Waals surface area contributed by atoms with Crippen LogP contribution < -0.4 is 14.8 Å². The second kappa shape index (κ2) is 8.56. The zero-order valence-corrected chi connectivity index (χ0v) is 15.7. The van der Waals surface area contributed by atoms with Crippen molar-refractivity contribution < 1.29 is 14.3 Å². The van der Waals surface area contributed by atoms with Crippen molar-refractivity contribution in [3.63, 3.8) is 0 Å². The van der Waals surface area contributed by atoms with E-state index in [0.29, 0.717) is 22.1 Å². The monoisotopic (exact) mass is 382 g/mol. The summed E-state index contributed by atoms with van der Waals surface area (Å²) in [5.74, 6) is 0.837. The molecular formula is C21H19ClN2O3. The summed E-state index contributed by atoms with van der Waals surface area (Å²) in [7, 11) is 3.09. The van der Waals surface area contributed by atoms with E-state index in [2.05, 4.69) is 10.3 Å². The fourth-order valence-corrected chi connectivity index (χ4v) is 2.84. The molecule has 0 aliphatic heterocycles. The molecule has 138 valence electrons. The molecule has 5 nitrogen and oxygen atoms in total. The summed E-state index contributed by atoms with van der Waals surface area (Å²) in [6, 6.07) is 15.8. The molecule has 1 aromatic heterocycles. The number of hydrogen-bond acceptors (Lipinski definition) is 4. The standard InChI is InChI=1S/C21H19ClN2O3/c1-26-18-10-16(11-19(12-18)27-2)21(25)24-20(15-4-3-9-23-13-15)14-5-7-17(22)8-6-14/h3-13,20H,1-2H3,(H,24,25)/t20-/m0/s1. The summed E-state index contributed by atoms with van der Waals surface area (Å²) in [4.78, 5) is 17.1. The minimum atomic E-state index is -0.374. The fraction of sp³-hybridized carbons (Fsp3) is 0.143. The average Bonchev–Trinajstić information content (AvgIpc) is 2.72. The number of methoxy groups -OCH3 is 2. The van der Waals surface area contributed by atoms with Gasteiger partial charge in [0.15, 0.2) is 0 Å². The van der Waals surface area contributed by atoms with E-state index in [-0.39, 0.29) is 11.9 Å². The summed E-state index contributed by atoms with van der Waals surface area (Å²) in [6.07, 6.45) is 3.42. The molecule has 0 bridgehead atoms. The third-order valence-corrected chi connectivity index (χ3v) is 4.36. The van der Waals surface area contributed by atoms with Crippen molar-refractivity contribution in [2.75, 3.05) is 14.2 Å². The number of aromatic nitrogens is 1. The molecule has 0 fully saturated rings. The molecule has 0 unspecified atom stereocenters. The molecule has 0 aliphatic rings. The molecule has 2 aromatic carbocycles. The molecule has 0 saturated carbocycles. The van der Waals surface area contributed by atoms with Crippen LogP contribution in [-0.2, 0) is 0 Å². The van der Waals surface area contributed by atoms with Crippen molar-refractivity contribution in [1.82, 2.24) is 10.3 Å². The Morgan fingerprint density at radius 1 is 1.00 bits per heavy atom. The van der Waals surface area contributed by atoms with Crippen LogP contribution in [0.5, 0.6) is 11.5 Å². The number of halogens is 1. The molecule has 1 N–H and O–H groups in total.